The lowest BCUT2D eigenvalue weighted by atomic mass is 9.96. The van der Waals surface area contributed by atoms with E-state index in [1.807, 2.05) is 31.2 Å². The maximum atomic E-state index is 12.2. The van der Waals surface area contributed by atoms with Gasteiger partial charge in [0.2, 0.25) is 5.91 Å². The van der Waals surface area contributed by atoms with Crippen molar-refractivity contribution in [1.29, 1.82) is 0 Å². The van der Waals surface area contributed by atoms with E-state index in [0.29, 0.717) is 13.2 Å². The minimum absolute atomic E-state index is 0.0588. The molecule has 1 aliphatic rings. The number of ether oxygens (including phenoxy) is 1. The molecule has 1 amide bonds. The van der Waals surface area contributed by atoms with Gasteiger partial charge in [-0.25, -0.2) is 0 Å². The third-order valence-corrected chi connectivity index (χ3v) is 5.36. The zero-order chi connectivity index (χ0) is 15.4. The zero-order valence-electron chi connectivity index (χ0n) is 12.2. The first-order valence-corrected chi connectivity index (χ1v) is 8.94. The number of carbonyl (C=O) groups excluding carboxylic acids is 1. The summed E-state index contributed by atoms with van der Waals surface area (Å²) in [4.78, 5) is 12.2. The lowest BCUT2D eigenvalue weighted by Gasteiger charge is -2.24. The second kappa shape index (κ2) is 7.11. The van der Waals surface area contributed by atoms with E-state index in [0.717, 1.165) is 32.8 Å². The van der Waals surface area contributed by atoms with Gasteiger partial charge < -0.3 is 10.1 Å². The monoisotopic (exact) mass is 335 g/mol. The predicted octanol–water partition coefficient (Wildman–Crippen LogP) is 2.31. The van der Waals surface area contributed by atoms with Gasteiger partial charge in [0.1, 0.15) is 17.4 Å². The highest BCUT2D eigenvalue weighted by atomic mass is 32.2. The molecule has 1 aromatic heterocycles. The second-order valence-electron chi connectivity index (χ2n) is 5.05. The number of carbonyl (C=O) groups is 1. The van der Waals surface area contributed by atoms with Gasteiger partial charge in [0.15, 0.2) is 4.34 Å². The minimum Gasteiger partial charge on any atom is -0.492 e. The molecule has 22 heavy (non-hydrogen) atoms. The van der Waals surface area contributed by atoms with Crippen molar-refractivity contribution in [1.82, 2.24) is 15.5 Å². The molecule has 0 spiro atoms. The van der Waals surface area contributed by atoms with Gasteiger partial charge in [0.25, 0.3) is 0 Å². The summed E-state index contributed by atoms with van der Waals surface area (Å²) in [7, 11) is 0. The van der Waals surface area contributed by atoms with Gasteiger partial charge in [-0.15, -0.1) is 10.2 Å². The fraction of sp³-hybridized carbons (Fsp3) is 0.400. The third-order valence-electron chi connectivity index (χ3n) is 3.38. The number of hydrogen-bond donors (Lipinski definition) is 1. The molecule has 5 nitrogen and oxygen atoms in total. The molecule has 0 unspecified atom stereocenters. The van der Waals surface area contributed by atoms with Crippen LogP contribution in [-0.2, 0) is 11.2 Å². The molecule has 2 heterocycles. The van der Waals surface area contributed by atoms with Crippen LogP contribution in [-0.4, -0.2) is 35.0 Å². The van der Waals surface area contributed by atoms with Gasteiger partial charge in [0, 0.05) is 12.3 Å². The summed E-state index contributed by atoms with van der Waals surface area (Å²) in [6.07, 6.45) is 0.741. The zero-order valence-corrected chi connectivity index (χ0v) is 13.9. The van der Waals surface area contributed by atoms with E-state index in [1.165, 1.54) is 0 Å². The van der Waals surface area contributed by atoms with E-state index in [4.69, 9.17) is 4.74 Å². The molecular weight excluding hydrogens is 318 g/mol. The molecular formula is C15H17N3O2S2. The maximum absolute atomic E-state index is 12.2. The van der Waals surface area contributed by atoms with Crippen LogP contribution in [0.2, 0.25) is 0 Å². The van der Waals surface area contributed by atoms with Crippen LogP contribution < -0.4 is 10.1 Å². The van der Waals surface area contributed by atoms with Gasteiger partial charge in [-0.1, -0.05) is 41.3 Å². The molecule has 2 aromatic rings. The van der Waals surface area contributed by atoms with Crippen molar-refractivity contribution in [3.8, 4) is 5.75 Å². The summed E-state index contributed by atoms with van der Waals surface area (Å²) >= 11 is 3.19. The van der Waals surface area contributed by atoms with Crippen molar-refractivity contribution in [3.63, 3.8) is 0 Å². The Morgan fingerprint density at radius 3 is 3.14 bits per heavy atom. The predicted molar refractivity (Wildman–Crippen MR) is 87.5 cm³/mol. The van der Waals surface area contributed by atoms with Crippen molar-refractivity contribution < 1.29 is 9.53 Å². The van der Waals surface area contributed by atoms with Crippen LogP contribution in [0.25, 0.3) is 0 Å². The highest BCUT2D eigenvalue weighted by Crippen LogP contribution is 2.27. The third kappa shape index (κ3) is 3.78. The Bertz CT molecular complexity index is 660. The number of fused-ring (bicyclic) bond motifs is 1. The Kier molecular flexibility index (Phi) is 4.94. The number of para-hydroxylation sites is 1. The molecule has 0 fully saturated rings. The SMILES string of the molecule is Cc1nnc(SCCNC(=O)[C@@H]2COc3ccccc3C2)s1. The van der Waals surface area contributed by atoms with Gasteiger partial charge in [0.05, 0.1) is 5.92 Å². The number of nitrogens with one attached hydrogen (secondary N) is 1. The topological polar surface area (TPSA) is 64.1 Å². The summed E-state index contributed by atoms with van der Waals surface area (Å²) < 4.78 is 6.60. The van der Waals surface area contributed by atoms with Crippen LogP contribution in [0.4, 0.5) is 0 Å². The molecule has 0 bridgehead atoms. The smallest absolute Gasteiger partial charge is 0.226 e. The van der Waals surface area contributed by atoms with E-state index >= 15 is 0 Å². The van der Waals surface area contributed by atoms with Crippen molar-refractivity contribution in [3.05, 3.63) is 34.8 Å². The van der Waals surface area contributed by atoms with Gasteiger partial charge in [-0.05, 0) is 25.0 Å². The minimum atomic E-state index is -0.108. The summed E-state index contributed by atoms with van der Waals surface area (Å²) in [6.45, 7) is 3.01. The van der Waals surface area contributed by atoms with Crippen molar-refractivity contribution in [2.45, 2.75) is 17.7 Å². The van der Waals surface area contributed by atoms with Crippen molar-refractivity contribution >= 4 is 29.0 Å². The molecule has 116 valence electrons. The van der Waals surface area contributed by atoms with E-state index in [-0.39, 0.29) is 11.8 Å². The quantitative estimate of drug-likeness (QED) is 0.671. The van der Waals surface area contributed by atoms with Gasteiger partial charge in [-0.3, -0.25) is 4.79 Å². The average molecular weight is 335 g/mol. The summed E-state index contributed by atoms with van der Waals surface area (Å²) in [6, 6.07) is 7.89. The molecule has 1 aliphatic heterocycles. The highest BCUT2D eigenvalue weighted by molar-refractivity contribution is 8.01. The van der Waals surface area contributed by atoms with E-state index in [1.54, 1.807) is 23.1 Å². The summed E-state index contributed by atoms with van der Waals surface area (Å²) in [5, 5.41) is 12.0. The number of aryl methyl sites for hydroxylation is 1. The standard InChI is InChI=1S/C15H17N3O2S2/c1-10-17-18-15(22-10)21-7-6-16-14(19)12-8-11-4-2-3-5-13(11)20-9-12/h2-5,12H,6-9H2,1H3,(H,16,19)/t12-/m0/s1. The Morgan fingerprint density at radius 1 is 1.45 bits per heavy atom. The van der Waals surface area contributed by atoms with Gasteiger partial charge >= 0.3 is 0 Å². The number of hydrogen-bond acceptors (Lipinski definition) is 6. The Labute approximate surface area is 137 Å². The normalized spacial score (nSPS) is 16.7. The van der Waals surface area contributed by atoms with Gasteiger partial charge in [-0.2, -0.15) is 0 Å². The van der Waals surface area contributed by atoms with Crippen LogP contribution in [0.15, 0.2) is 28.6 Å². The van der Waals surface area contributed by atoms with E-state index in [2.05, 4.69) is 15.5 Å². The fourth-order valence-corrected chi connectivity index (χ4v) is 4.03. The van der Waals surface area contributed by atoms with Crippen LogP contribution in [0, 0.1) is 12.8 Å². The summed E-state index contributed by atoms with van der Waals surface area (Å²) in [5.41, 5.74) is 1.10. The number of thioether (sulfide) groups is 1. The molecule has 3 rings (SSSR count). The fourth-order valence-electron chi connectivity index (χ4n) is 2.29. The van der Waals surface area contributed by atoms with Crippen LogP contribution in [0.1, 0.15) is 10.6 Å². The molecule has 1 atom stereocenters. The van der Waals surface area contributed by atoms with Crippen LogP contribution in [0.5, 0.6) is 5.75 Å². The lowest BCUT2D eigenvalue weighted by molar-refractivity contribution is -0.126. The lowest BCUT2D eigenvalue weighted by Crippen LogP contribution is -2.38. The number of nitrogens with zero attached hydrogens (tertiary/aromatic N) is 2. The Balaban J connectivity index is 1.43. The first-order chi connectivity index (χ1) is 10.7. The van der Waals surface area contributed by atoms with Crippen LogP contribution >= 0.6 is 23.1 Å². The first kappa shape index (κ1) is 15.3. The maximum Gasteiger partial charge on any atom is 0.226 e. The second-order valence-corrected chi connectivity index (χ2v) is 7.57. The number of benzene rings is 1. The molecule has 1 N–H and O–H groups in total. The van der Waals surface area contributed by atoms with Crippen molar-refractivity contribution in [2.24, 2.45) is 5.92 Å². The molecule has 0 radical (unpaired) electrons. The molecule has 1 aromatic carbocycles. The highest BCUT2D eigenvalue weighted by Gasteiger charge is 2.25. The van der Waals surface area contributed by atoms with Crippen molar-refractivity contribution in [2.75, 3.05) is 18.9 Å². The number of aromatic nitrogens is 2. The number of rotatable bonds is 5. The molecule has 0 saturated heterocycles. The molecule has 0 saturated carbocycles. The Morgan fingerprint density at radius 2 is 2.32 bits per heavy atom. The van der Waals surface area contributed by atoms with E-state index < -0.39 is 0 Å². The first-order valence-electron chi connectivity index (χ1n) is 7.13. The van der Waals surface area contributed by atoms with E-state index in [9.17, 15) is 4.79 Å². The Hall–Kier alpha value is -1.60. The largest absolute Gasteiger partial charge is 0.492 e. The molecule has 0 aliphatic carbocycles. The van der Waals surface area contributed by atoms with Crippen LogP contribution in [0.3, 0.4) is 0 Å². The molecule has 7 heteroatoms. The number of amides is 1. The average Bonchev–Trinajstić information content (AvgIpc) is 2.96. The summed E-state index contributed by atoms with van der Waals surface area (Å²) in [5.74, 6) is 1.64.